The third-order valence-corrected chi connectivity index (χ3v) is 10.7. The summed E-state index contributed by atoms with van der Waals surface area (Å²) >= 11 is 0. The van der Waals surface area contributed by atoms with E-state index >= 15 is 0 Å². The number of aliphatic hydroxyl groups excluding tert-OH is 1. The smallest absolute Gasteiger partial charge is 0.243 e. The molecule has 7 aliphatic rings. The first-order valence-electron chi connectivity index (χ1n) is 13.2. The maximum Gasteiger partial charge on any atom is 0.243 e. The molecule has 1 unspecified atom stereocenters. The molecule has 0 radical (unpaired) electrons. The second-order valence-electron chi connectivity index (χ2n) is 13.0. The molecule has 1 aromatic carbocycles. The van der Waals surface area contributed by atoms with Crippen molar-refractivity contribution in [3.05, 3.63) is 30.0 Å². The summed E-state index contributed by atoms with van der Waals surface area (Å²) in [6.07, 6.45) is 6.34. The van der Waals surface area contributed by atoms with E-state index in [0.717, 1.165) is 18.4 Å². The molecule has 3 spiro atoms. The molecular weight excluding hydrogens is 458 g/mol. The van der Waals surface area contributed by atoms with Gasteiger partial charge in [-0.2, -0.15) is 0 Å². The predicted molar refractivity (Wildman–Crippen MR) is 133 cm³/mol. The van der Waals surface area contributed by atoms with Gasteiger partial charge in [0.05, 0.1) is 22.9 Å². The molecule has 6 aliphatic heterocycles. The molecule has 2 N–H and O–H groups in total. The van der Waals surface area contributed by atoms with E-state index in [1.54, 1.807) is 6.26 Å². The summed E-state index contributed by atoms with van der Waals surface area (Å²) in [5, 5.41) is 14.2. The molecule has 8 nitrogen and oxygen atoms in total. The first-order chi connectivity index (χ1) is 16.9. The molecule has 6 heterocycles. The van der Waals surface area contributed by atoms with E-state index in [0.29, 0.717) is 43.0 Å². The van der Waals surface area contributed by atoms with Crippen LogP contribution in [0.2, 0.25) is 0 Å². The number of likely N-dealkylation sites (N-methyl/N-ethyl adjacent to an activating group) is 1. The van der Waals surface area contributed by atoms with Gasteiger partial charge in [0, 0.05) is 13.6 Å². The Balaban J connectivity index is 1.41. The maximum atomic E-state index is 14.2. The second-order valence-corrected chi connectivity index (χ2v) is 13.0. The van der Waals surface area contributed by atoms with Crippen molar-refractivity contribution < 1.29 is 24.2 Å². The number of piperidine rings is 3. The van der Waals surface area contributed by atoms with Crippen LogP contribution in [0.15, 0.2) is 24.5 Å². The Hall–Kier alpha value is -2.58. The quantitative estimate of drug-likeness (QED) is 0.577. The number of ether oxygens (including phenoxy) is 2. The third-order valence-electron chi connectivity index (χ3n) is 10.7. The molecule has 0 aromatic heterocycles. The van der Waals surface area contributed by atoms with Crippen LogP contribution in [0, 0.1) is 11.3 Å². The van der Waals surface area contributed by atoms with E-state index in [2.05, 4.69) is 24.1 Å². The van der Waals surface area contributed by atoms with Gasteiger partial charge in [-0.05, 0) is 75.0 Å². The number of hydrogen-bond acceptors (Lipinski definition) is 6. The Morgan fingerprint density at radius 2 is 1.94 bits per heavy atom. The Kier molecular flexibility index (Phi) is 4.05. The number of amides is 2. The highest BCUT2D eigenvalue weighted by molar-refractivity contribution is 6.09. The number of fused-ring (bicyclic) bond motifs is 5. The minimum Gasteiger partial charge on any atom is -0.480 e. The number of piperazine rings is 1. The average Bonchev–Trinajstić information content (AvgIpc) is 3.13. The number of nitrogens with zero attached hydrogens (tertiary/aromatic N) is 2. The van der Waals surface area contributed by atoms with Crippen molar-refractivity contribution in [3.63, 3.8) is 0 Å². The van der Waals surface area contributed by atoms with Gasteiger partial charge in [0.25, 0.3) is 0 Å². The van der Waals surface area contributed by atoms with Crippen LogP contribution in [0.5, 0.6) is 11.5 Å². The van der Waals surface area contributed by atoms with Gasteiger partial charge in [0.15, 0.2) is 11.5 Å². The van der Waals surface area contributed by atoms with E-state index in [9.17, 15) is 14.7 Å². The molecular formula is C28H35N3O5. The largest absolute Gasteiger partial charge is 0.480 e. The monoisotopic (exact) mass is 493 g/mol. The number of aliphatic hydroxyl groups is 1. The molecule has 4 saturated heterocycles. The Labute approximate surface area is 211 Å². The fourth-order valence-corrected chi connectivity index (χ4v) is 8.93. The molecule has 5 atom stereocenters. The van der Waals surface area contributed by atoms with Gasteiger partial charge in [0.2, 0.25) is 11.8 Å². The SMILES string of the molecule is CN1C(=O)[C@@]23CCCC(O)N2C[C@@]12C[C@@]1(C(=O)Nc4c1ccc1c4OC=CC(C)(C)O1)C(C)(C)[C@@H]2C3. The van der Waals surface area contributed by atoms with Gasteiger partial charge in [-0.15, -0.1) is 0 Å². The normalized spacial score (nSPS) is 41.1. The van der Waals surface area contributed by atoms with Crippen LogP contribution in [-0.2, 0) is 15.0 Å². The summed E-state index contributed by atoms with van der Waals surface area (Å²) in [4.78, 5) is 32.1. The zero-order valence-corrected chi connectivity index (χ0v) is 21.7. The third kappa shape index (κ3) is 2.30. The van der Waals surface area contributed by atoms with E-state index in [1.807, 2.05) is 44.0 Å². The Morgan fingerprint density at radius 3 is 2.72 bits per heavy atom. The lowest BCUT2D eigenvalue weighted by atomic mass is 9.56. The first-order valence-corrected chi connectivity index (χ1v) is 13.2. The molecule has 8 rings (SSSR count). The number of nitrogens with one attached hydrogen (secondary N) is 1. The van der Waals surface area contributed by atoms with Crippen LogP contribution in [0.3, 0.4) is 0 Å². The highest BCUT2D eigenvalue weighted by atomic mass is 16.5. The summed E-state index contributed by atoms with van der Waals surface area (Å²) < 4.78 is 12.2. The van der Waals surface area contributed by atoms with Crippen molar-refractivity contribution in [2.75, 3.05) is 18.9 Å². The zero-order valence-electron chi connectivity index (χ0n) is 21.7. The Bertz CT molecular complexity index is 1260. The van der Waals surface area contributed by atoms with Gasteiger partial charge in [-0.3, -0.25) is 14.5 Å². The lowest BCUT2D eigenvalue weighted by molar-refractivity contribution is -0.225. The standard InChI is InChI=1S/C28H35N3O5/c1-24(2)11-12-35-21-17(36-24)9-8-16-20(21)29-22(33)28(16)14-27-15-31-19(32)7-6-10-26(31,23(34)30(27)5)13-18(27)25(28,3)4/h8-9,11-12,18-19,32H,6-7,10,13-15H2,1-5H3,(H,29,33)/t18-,19?,26-,27+,28+/m0/s1. The number of carbonyl (C=O) groups is 2. The molecule has 1 aromatic rings. The number of carbonyl (C=O) groups excluding carboxylic acids is 2. The van der Waals surface area contributed by atoms with Crippen LogP contribution in [0.4, 0.5) is 5.69 Å². The molecule has 1 saturated carbocycles. The fourth-order valence-electron chi connectivity index (χ4n) is 8.93. The molecule has 8 heteroatoms. The average molecular weight is 494 g/mol. The van der Waals surface area contributed by atoms with Crippen molar-refractivity contribution >= 4 is 17.5 Å². The van der Waals surface area contributed by atoms with Crippen molar-refractivity contribution in [1.29, 1.82) is 0 Å². The number of benzene rings is 1. The lowest BCUT2D eigenvalue weighted by Crippen LogP contribution is -2.82. The van der Waals surface area contributed by atoms with Gasteiger partial charge in [0.1, 0.15) is 17.4 Å². The lowest BCUT2D eigenvalue weighted by Gasteiger charge is -2.67. The van der Waals surface area contributed by atoms with E-state index < -0.39 is 33.7 Å². The summed E-state index contributed by atoms with van der Waals surface area (Å²) in [5.41, 5.74) is -1.44. The predicted octanol–water partition coefficient (Wildman–Crippen LogP) is 3.14. The van der Waals surface area contributed by atoms with Crippen LogP contribution in [0.1, 0.15) is 65.4 Å². The number of anilines is 1. The molecule has 5 fully saturated rings. The number of hydrogen-bond donors (Lipinski definition) is 2. The highest BCUT2D eigenvalue weighted by Crippen LogP contribution is 2.72. The number of rotatable bonds is 0. The van der Waals surface area contributed by atoms with Gasteiger partial charge in [-0.1, -0.05) is 19.9 Å². The zero-order chi connectivity index (χ0) is 25.5. The molecule has 2 amide bonds. The van der Waals surface area contributed by atoms with Gasteiger partial charge in [-0.25, -0.2) is 0 Å². The first kappa shape index (κ1) is 22.6. The minimum atomic E-state index is -0.837. The highest BCUT2D eigenvalue weighted by Gasteiger charge is 2.79. The van der Waals surface area contributed by atoms with E-state index in [1.165, 1.54) is 0 Å². The Morgan fingerprint density at radius 1 is 1.17 bits per heavy atom. The minimum absolute atomic E-state index is 0.0453. The topological polar surface area (TPSA) is 91.3 Å². The molecule has 36 heavy (non-hydrogen) atoms. The van der Waals surface area contributed by atoms with E-state index in [4.69, 9.17) is 9.47 Å². The van der Waals surface area contributed by atoms with Crippen LogP contribution in [-0.4, -0.2) is 63.2 Å². The van der Waals surface area contributed by atoms with Crippen molar-refractivity contribution in [2.45, 2.75) is 88.1 Å². The summed E-state index contributed by atoms with van der Waals surface area (Å²) in [6, 6.07) is 3.93. The van der Waals surface area contributed by atoms with E-state index in [-0.39, 0.29) is 17.7 Å². The van der Waals surface area contributed by atoms with Crippen molar-refractivity contribution in [1.82, 2.24) is 9.80 Å². The van der Waals surface area contributed by atoms with Gasteiger partial charge >= 0.3 is 0 Å². The van der Waals surface area contributed by atoms with Crippen molar-refractivity contribution in [3.8, 4) is 11.5 Å². The van der Waals surface area contributed by atoms with Gasteiger partial charge < -0.3 is 24.8 Å². The van der Waals surface area contributed by atoms with Crippen molar-refractivity contribution in [2.24, 2.45) is 11.3 Å². The van der Waals surface area contributed by atoms with Crippen LogP contribution >= 0.6 is 0 Å². The molecule has 2 bridgehead atoms. The fraction of sp³-hybridized carbons (Fsp3) is 0.643. The van der Waals surface area contributed by atoms with Crippen LogP contribution < -0.4 is 14.8 Å². The summed E-state index contributed by atoms with van der Waals surface area (Å²) in [7, 11) is 1.91. The molecule has 1 aliphatic carbocycles. The summed E-state index contributed by atoms with van der Waals surface area (Å²) in [5.74, 6) is 1.29. The maximum absolute atomic E-state index is 14.2. The molecule has 192 valence electrons. The summed E-state index contributed by atoms with van der Waals surface area (Å²) in [6.45, 7) is 8.92. The van der Waals surface area contributed by atoms with Crippen LogP contribution in [0.25, 0.3) is 0 Å². The second kappa shape index (κ2) is 6.45.